The quantitative estimate of drug-likeness (QED) is 0.709. The van der Waals surface area contributed by atoms with Gasteiger partial charge in [-0.2, -0.15) is 0 Å². The van der Waals surface area contributed by atoms with E-state index in [1.165, 1.54) is 19.2 Å². The maximum Gasteiger partial charge on any atom is 0.240 e. The average Bonchev–Trinajstić information content (AvgIpc) is 2.39. The molecule has 0 saturated carbocycles. The summed E-state index contributed by atoms with van der Waals surface area (Å²) in [5, 5.41) is 2.71. The van der Waals surface area contributed by atoms with E-state index in [1.54, 1.807) is 19.1 Å². The molecule has 0 aliphatic rings. The van der Waals surface area contributed by atoms with Gasteiger partial charge in [0, 0.05) is 11.6 Å². The average molecular weight is 285 g/mol. The highest BCUT2D eigenvalue weighted by Gasteiger charge is 2.13. The lowest BCUT2D eigenvalue weighted by Crippen LogP contribution is -2.23. The fourth-order valence-electron chi connectivity index (χ4n) is 1.48. The van der Waals surface area contributed by atoms with E-state index in [4.69, 9.17) is 5.73 Å². The maximum atomic E-state index is 11.7. The molecule has 4 N–H and O–H groups in total. The van der Waals surface area contributed by atoms with Crippen molar-refractivity contribution in [1.82, 2.24) is 4.72 Å². The molecule has 1 aromatic rings. The highest BCUT2D eigenvalue weighted by Crippen LogP contribution is 2.15. The van der Waals surface area contributed by atoms with Crippen LogP contribution in [-0.2, 0) is 14.8 Å². The van der Waals surface area contributed by atoms with Gasteiger partial charge in [-0.3, -0.25) is 4.79 Å². The Hall–Kier alpha value is -1.44. The van der Waals surface area contributed by atoms with Gasteiger partial charge in [-0.1, -0.05) is 6.92 Å². The van der Waals surface area contributed by atoms with Crippen molar-refractivity contribution in [3.05, 3.63) is 24.3 Å². The normalized spacial score (nSPS) is 13.0. The molecule has 0 aliphatic heterocycles. The van der Waals surface area contributed by atoms with Crippen molar-refractivity contribution in [2.75, 3.05) is 18.9 Å². The molecule has 0 saturated heterocycles. The van der Waals surface area contributed by atoms with E-state index in [1.807, 2.05) is 0 Å². The number of amides is 1. The van der Waals surface area contributed by atoms with Crippen molar-refractivity contribution in [3.8, 4) is 0 Å². The molecular weight excluding hydrogens is 266 g/mol. The minimum atomic E-state index is -3.45. The third-order valence-corrected chi connectivity index (χ3v) is 4.18. The SMILES string of the molecule is CNS(=O)(=O)c1ccc(NC(=O)C(C)CCN)cc1. The third kappa shape index (κ3) is 4.30. The smallest absolute Gasteiger partial charge is 0.240 e. The van der Waals surface area contributed by atoms with Crippen LogP contribution in [0.3, 0.4) is 0 Å². The lowest BCUT2D eigenvalue weighted by Gasteiger charge is -2.11. The molecule has 0 aromatic heterocycles. The van der Waals surface area contributed by atoms with E-state index in [0.717, 1.165) is 0 Å². The lowest BCUT2D eigenvalue weighted by atomic mass is 10.1. The molecule has 1 aromatic carbocycles. The van der Waals surface area contributed by atoms with Crippen molar-refractivity contribution < 1.29 is 13.2 Å². The summed E-state index contributed by atoms with van der Waals surface area (Å²) >= 11 is 0. The number of carbonyl (C=O) groups is 1. The summed E-state index contributed by atoms with van der Waals surface area (Å²) in [5.74, 6) is -0.305. The largest absolute Gasteiger partial charge is 0.330 e. The Labute approximate surface area is 113 Å². The van der Waals surface area contributed by atoms with E-state index >= 15 is 0 Å². The molecule has 7 heteroatoms. The topological polar surface area (TPSA) is 101 Å². The summed E-state index contributed by atoms with van der Waals surface area (Å²) in [4.78, 5) is 11.9. The van der Waals surface area contributed by atoms with Crippen molar-refractivity contribution in [1.29, 1.82) is 0 Å². The van der Waals surface area contributed by atoms with Crippen LogP contribution < -0.4 is 15.8 Å². The van der Waals surface area contributed by atoms with Gasteiger partial charge in [0.15, 0.2) is 0 Å². The molecular formula is C12H19N3O3S. The molecule has 6 nitrogen and oxygen atoms in total. The number of nitrogens with one attached hydrogen (secondary N) is 2. The zero-order chi connectivity index (χ0) is 14.5. The van der Waals surface area contributed by atoms with Crippen LogP contribution in [0.15, 0.2) is 29.2 Å². The van der Waals surface area contributed by atoms with Crippen molar-refractivity contribution >= 4 is 21.6 Å². The standard InChI is InChI=1S/C12H19N3O3S/c1-9(7-8-13)12(16)15-10-3-5-11(6-4-10)19(17,18)14-2/h3-6,9,14H,7-8,13H2,1-2H3,(H,15,16). The van der Waals surface area contributed by atoms with Crippen LogP contribution in [-0.4, -0.2) is 27.9 Å². The molecule has 0 radical (unpaired) electrons. The number of carbonyl (C=O) groups excluding carboxylic acids is 1. The summed E-state index contributed by atoms with van der Waals surface area (Å²) < 4.78 is 25.3. The van der Waals surface area contributed by atoms with Gasteiger partial charge in [0.25, 0.3) is 0 Å². The van der Waals surface area contributed by atoms with Gasteiger partial charge >= 0.3 is 0 Å². The van der Waals surface area contributed by atoms with Gasteiger partial charge in [0.1, 0.15) is 0 Å². The maximum absolute atomic E-state index is 11.7. The van der Waals surface area contributed by atoms with Crippen molar-refractivity contribution in [2.24, 2.45) is 11.7 Å². The molecule has 1 atom stereocenters. The zero-order valence-electron chi connectivity index (χ0n) is 11.0. The van der Waals surface area contributed by atoms with Gasteiger partial charge in [-0.15, -0.1) is 0 Å². The predicted molar refractivity (Wildman–Crippen MR) is 74.2 cm³/mol. The summed E-state index contributed by atoms with van der Waals surface area (Å²) in [7, 11) is -2.10. The predicted octanol–water partition coefficient (Wildman–Crippen LogP) is 0.518. The summed E-state index contributed by atoms with van der Waals surface area (Å²) in [6.07, 6.45) is 0.609. The molecule has 0 fully saturated rings. The zero-order valence-corrected chi connectivity index (χ0v) is 11.8. The Morgan fingerprint density at radius 2 is 1.89 bits per heavy atom. The molecule has 0 heterocycles. The number of nitrogens with two attached hydrogens (primary N) is 1. The Bertz CT molecular complexity index is 526. The van der Waals surface area contributed by atoms with E-state index in [9.17, 15) is 13.2 Å². The lowest BCUT2D eigenvalue weighted by molar-refractivity contribution is -0.119. The van der Waals surface area contributed by atoms with E-state index < -0.39 is 10.0 Å². The number of hydrogen-bond acceptors (Lipinski definition) is 4. The van der Waals surface area contributed by atoms with Gasteiger partial charge in [0.05, 0.1) is 4.90 Å². The van der Waals surface area contributed by atoms with Gasteiger partial charge < -0.3 is 11.1 Å². The Kier molecular flexibility index (Phi) is 5.46. The first-order chi connectivity index (χ1) is 8.90. The van der Waals surface area contributed by atoms with Crippen LogP contribution in [0.2, 0.25) is 0 Å². The number of rotatable bonds is 6. The van der Waals surface area contributed by atoms with Crippen LogP contribution in [0.4, 0.5) is 5.69 Å². The van der Waals surface area contributed by atoms with Crippen LogP contribution >= 0.6 is 0 Å². The van der Waals surface area contributed by atoms with Crippen LogP contribution in [0.5, 0.6) is 0 Å². The number of hydrogen-bond donors (Lipinski definition) is 3. The molecule has 0 spiro atoms. The molecule has 1 amide bonds. The summed E-state index contributed by atoms with van der Waals surface area (Å²) in [5.41, 5.74) is 5.95. The Morgan fingerprint density at radius 1 is 1.32 bits per heavy atom. The first-order valence-corrected chi connectivity index (χ1v) is 7.43. The third-order valence-electron chi connectivity index (χ3n) is 2.75. The highest BCUT2D eigenvalue weighted by molar-refractivity contribution is 7.89. The minimum absolute atomic E-state index is 0.130. The Morgan fingerprint density at radius 3 is 2.37 bits per heavy atom. The van der Waals surface area contributed by atoms with E-state index in [-0.39, 0.29) is 16.7 Å². The fraction of sp³-hybridized carbons (Fsp3) is 0.417. The van der Waals surface area contributed by atoms with Gasteiger partial charge in [-0.05, 0) is 44.3 Å². The van der Waals surface area contributed by atoms with Gasteiger partial charge in [0.2, 0.25) is 15.9 Å². The number of sulfonamides is 1. The monoisotopic (exact) mass is 285 g/mol. The van der Waals surface area contributed by atoms with E-state index in [2.05, 4.69) is 10.0 Å². The second-order valence-corrected chi connectivity index (χ2v) is 6.09. The second kappa shape index (κ2) is 6.65. The minimum Gasteiger partial charge on any atom is -0.330 e. The second-order valence-electron chi connectivity index (χ2n) is 4.20. The summed E-state index contributed by atoms with van der Waals surface area (Å²) in [6, 6.07) is 5.98. The molecule has 0 bridgehead atoms. The molecule has 0 aliphatic carbocycles. The fourth-order valence-corrected chi connectivity index (χ4v) is 2.21. The molecule has 1 unspecified atom stereocenters. The van der Waals surface area contributed by atoms with Gasteiger partial charge in [-0.25, -0.2) is 13.1 Å². The first-order valence-electron chi connectivity index (χ1n) is 5.95. The first kappa shape index (κ1) is 15.6. The number of anilines is 1. The molecule has 19 heavy (non-hydrogen) atoms. The van der Waals surface area contributed by atoms with Crippen LogP contribution in [0.25, 0.3) is 0 Å². The molecule has 1 rings (SSSR count). The van der Waals surface area contributed by atoms with Crippen molar-refractivity contribution in [3.63, 3.8) is 0 Å². The Balaban J connectivity index is 2.75. The number of benzene rings is 1. The summed E-state index contributed by atoms with van der Waals surface area (Å²) in [6.45, 7) is 2.25. The van der Waals surface area contributed by atoms with E-state index in [0.29, 0.717) is 18.7 Å². The molecule has 106 valence electrons. The highest BCUT2D eigenvalue weighted by atomic mass is 32.2. The van der Waals surface area contributed by atoms with Crippen LogP contribution in [0.1, 0.15) is 13.3 Å². The van der Waals surface area contributed by atoms with Crippen molar-refractivity contribution in [2.45, 2.75) is 18.2 Å². The van der Waals surface area contributed by atoms with Crippen LogP contribution in [0, 0.1) is 5.92 Å².